The lowest BCUT2D eigenvalue weighted by Crippen LogP contribution is -2.42. The zero-order valence-corrected chi connectivity index (χ0v) is 22.2. The van der Waals surface area contributed by atoms with Crippen molar-refractivity contribution in [3.8, 4) is 28.8 Å². The zero-order chi connectivity index (χ0) is 28.4. The fourth-order valence-corrected chi connectivity index (χ4v) is 4.84. The number of benzene rings is 2. The second-order valence-electron chi connectivity index (χ2n) is 10.3. The summed E-state index contributed by atoms with van der Waals surface area (Å²) < 4.78 is 22.9. The average molecular weight is 541 g/mol. The minimum Gasteiger partial charge on any atom is -0.457 e. The van der Waals surface area contributed by atoms with Crippen molar-refractivity contribution in [2.45, 2.75) is 38.3 Å². The molecule has 1 saturated heterocycles. The number of piperidine rings is 1. The van der Waals surface area contributed by atoms with E-state index in [2.05, 4.69) is 9.97 Å². The van der Waals surface area contributed by atoms with Crippen LogP contribution in [0, 0.1) is 17.1 Å². The molecule has 5 rings (SSSR count). The Kier molecular flexibility index (Phi) is 7.19. The predicted molar refractivity (Wildman–Crippen MR) is 148 cm³/mol. The van der Waals surface area contributed by atoms with E-state index in [0.29, 0.717) is 47.6 Å². The summed E-state index contributed by atoms with van der Waals surface area (Å²) in [6.45, 7) is 4.21. The number of halogens is 1. The summed E-state index contributed by atoms with van der Waals surface area (Å²) in [5, 5.41) is 14.8. The molecular formula is C29H29FN8O2. The normalized spacial score (nSPS) is 16.1. The number of carbonyl (C=O) groups excluding carboxylic acids is 1. The number of anilines is 1. The van der Waals surface area contributed by atoms with E-state index in [4.69, 9.17) is 21.3 Å². The number of ether oxygens (including phenoxy) is 1. The molecule has 2 aromatic carbocycles. The van der Waals surface area contributed by atoms with E-state index in [1.165, 1.54) is 18.5 Å². The number of nitrogens with zero attached hydrogens (tertiary/aromatic N) is 6. The van der Waals surface area contributed by atoms with Gasteiger partial charge in [0.1, 0.15) is 46.8 Å². The second-order valence-corrected chi connectivity index (χ2v) is 10.3. The summed E-state index contributed by atoms with van der Waals surface area (Å²) in [6.07, 6.45) is 4.18. The van der Waals surface area contributed by atoms with Crippen LogP contribution in [0.4, 0.5) is 10.2 Å². The van der Waals surface area contributed by atoms with Crippen LogP contribution in [0.25, 0.3) is 22.3 Å². The lowest BCUT2D eigenvalue weighted by molar-refractivity contribution is -0.128. The molecule has 11 heteroatoms. The van der Waals surface area contributed by atoms with Crippen LogP contribution in [-0.2, 0) is 4.79 Å². The first-order valence-electron chi connectivity index (χ1n) is 12.9. The number of nitrogens with two attached hydrogens (primary N) is 2. The Labute approximate surface area is 230 Å². The number of nitrogen functional groups attached to an aromatic ring is 1. The number of carbonyl (C=O) groups is 1. The first-order valence-corrected chi connectivity index (χ1v) is 12.9. The molecular weight excluding hydrogens is 511 g/mol. The topological polar surface area (TPSA) is 149 Å². The number of aromatic nitrogens is 4. The summed E-state index contributed by atoms with van der Waals surface area (Å²) in [7, 11) is 0. The first-order chi connectivity index (χ1) is 19.1. The van der Waals surface area contributed by atoms with Gasteiger partial charge in [0.05, 0.1) is 11.4 Å². The van der Waals surface area contributed by atoms with Crippen LogP contribution in [0.1, 0.15) is 32.7 Å². The third-order valence-electron chi connectivity index (χ3n) is 6.59. The number of fused-ring (bicyclic) bond motifs is 1. The predicted octanol–water partition coefficient (Wildman–Crippen LogP) is 4.36. The number of rotatable bonds is 6. The average Bonchev–Trinajstić information content (AvgIpc) is 3.32. The Bertz CT molecular complexity index is 1640. The molecule has 10 nitrogen and oxygen atoms in total. The molecule has 0 saturated carbocycles. The van der Waals surface area contributed by atoms with Gasteiger partial charge in [-0.25, -0.2) is 19.0 Å². The number of nitriles is 1. The van der Waals surface area contributed by atoms with Crippen LogP contribution in [0.3, 0.4) is 0 Å². The number of likely N-dealkylation sites (tertiary alicyclic amines) is 1. The third kappa shape index (κ3) is 5.48. The maximum Gasteiger partial charge on any atom is 0.264 e. The molecule has 0 bridgehead atoms. The van der Waals surface area contributed by atoms with Gasteiger partial charge in [0.2, 0.25) is 0 Å². The molecule has 1 atom stereocenters. The van der Waals surface area contributed by atoms with Crippen molar-refractivity contribution >= 4 is 22.8 Å². The molecule has 3 heterocycles. The Morgan fingerprint density at radius 3 is 2.67 bits per heavy atom. The summed E-state index contributed by atoms with van der Waals surface area (Å²) in [5.41, 5.74) is 12.4. The Hall–Kier alpha value is -4.82. The molecule has 2 aromatic heterocycles. The molecule has 1 aliphatic heterocycles. The highest BCUT2D eigenvalue weighted by Gasteiger charge is 2.31. The molecule has 0 spiro atoms. The smallest absolute Gasteiger partial charge is 0.264 e. The van der Waals surface area contributed by atoms with Gasteiger partial charge in [0.15, 0.2) is 5.65 Å². The second kappa shape index (κ2) is 10.7. The van der Waals surface area contributed by atoms with Crippen LogP contribution >= 0.6 is 0 Å². The summed E-state index contributed by atoms with van der Waals surface area (Å²) in [6, 6.07) is 15.3. The molecule has 40 heavy (non-hydrogen) atoms. The SMILES string of the molecule is CC(C)(N)C=C(C#N)C(=O)N1CCC[C@H](n2nc(-c3ccc(Oc4ccccc4)cc3F)c3c(N)ncnc32)C1. The largest absolute Gasteiger partial charge is 0.457 e. The van der Waals surface area contributed by atoms with Gasteiger partial charge in [0.25, 0.3) is 5.91 Å². The molecule has 204 valence electrons. The van der Waals surface area contributed by atoms with Gasteiger partial charge in [-0.2, -0.15) is 10.4 Å². The zero-order valence-electron chi connectivity index (χ0n) is 22.2. The van der Waals surface area contributed by atoms with E-state index in [1.54, 1.807) is 47.7 Å². The molecule has 1 amide bonds. The van der Waals surface area contributed by atoms with Crippen molar-refractivity contribution in [1.82, 2.24) is 24.6 Å². The summed E-state index contributed by atoms with van der Waals surface area (Å²) in [4.78, 5) is 23.3. The van der Waals surface area contributed by atoms with Crippen molar-refractivity contribution in [2.24, 2.45) is 5.73 Å². The van der Waals surface area contributed by atoms with Crippen molar-refractivity contribution in [3.63, 3.8) is 0 Å². The lowest BCUT2D eigenvalue weighted by Gasteiger charge is -2.33. The van der Waals surface area contributed by atoms with Gasteiger partial charge in [0, 0.05) is 30.3 Å². The molecule has 1 fully saturated rings. The number of para-hydroxylation sites is 1. The molecule has 4 N–H and O–H groups in total. The Morgan fingerprint density at radius 1 is 1.20 bits per heavy atom. The fourth-order valence-electron chi connectivity index (χ4n) is 4.84. The molecule has 0 unspecified atom stereocenters. The fraction of sp³-hybridized carbons (Fsp3) is 0.276. The maximum atomic E-state index is 15.5. The van der Waals surface area contributed by atoms with Gasteiger partial charge in [-0.15, -0.1) is 0 Å². The molecule has 0 aliphatic carbocycles. The minimum atomic E-state index is -0.816. The van der Waals surface area contributed by atoms with Crippen molar-refractivity contribution in [2.75, 3.05) is 18.8 Å². The van der Waals surface area contributed by atoms with Crippen molar-refractivity contribution in [3.05, 3.63) is 72.3 Å². The monoisotopic (exact) mass is 540 g/mol. The van der Waals surface area contributed by atoms with E-state index in [9.17, 15) is 10.1 Å². The van der Waals surface area contributed by atoms with Crippen molar-refractivity contribution in [1.29, 1.82) is 5.26 Å². The highest BCUT2D eigenvalue weighted by atomic mass is 19.1. The number of amides is 1. The van der Waals surface area contributed by atoms with Gasteiger partial charge in [-0.1, -0.05) is 18.2 Å². The van der Waals surface area contributed by atoms with Gasteiger partial charge >= 0.3 is 0 Å². The summed E-state index contributed by atoms with van der Waals surface area (Å²) in [5.74, 6) is 0.152. The van der Waals surface area contributed by atoms with Crippen molar-refractivity contribution < 1.29 is 13.9 Å². The van der Waals surface area contributed by atoms with Crippen LogP contribution < -0.4 is 16.2 Å². The first kappa shape index (κ1) is 26.8. The highest BCUT2D eigenvalue weighted by Crippen LogP contribution is 2.36. The van der Waals surface area contributed by atoms with E-state index in [-0.39, 0.29) is 29.5 Å². The van der Waals surface area contributed by atoms with Gasteiger partial charge in [-0.05, 0) is 57.0 Å². The van der Waals surface area contributed by atoms with Gasteiger partial charge in [-0.3, -0.25) is 4.79 Å². The minimum absolute atomic E-state index is 0.00869. The van der Waals surface area contributed by atoms with E-state index < -0.39 is 17.3 Å². The Balaban J connectivity index is 1.49. The number of hydrogen-bond donors (Lipinski definition) is 2. The third-order valence-corrected chi connectivity index (χ3v) is 6.59. The molecule has 0 radical (unpaired) electrons. The maximum absolute atomic E-state index is 15.5. The van der Waals surface area contributed by atoms with E-state index >= 15 is 4.39 Å². The van der Waals surface area contributed by atoms with E-state index in [1.807, 2.05) is 24.3 Å². The lowest BCUT2D eigenvalue weighted by atomic mass is 10.0. The Morgan fingerprint density at radius 2 is 1.98 bits per heavy atom. The van der Waals surface area contributed by atoms with Crippen LogP contribution in [0.2, 0.25) is 0 Å². The molecule has 1 aliphatic rings. The molecule has 4 aromatic rings. The highest BCUT2D eigenvalue weighted by molar-refractivity contribution is 5.99. The standard InChI is InChI=1S/C29H29FN8O2/c1-29(2,33)14-18(15-31)28(39)37-12-6-7-19(16-37)38-27-24(26(32)34-17-35-27)25(36-38)22-11-10-21(13-23(22)30)40-20-8-4-3-5-9-20/h3-5,8-11,13-14,17,19H,6-7,12,16,33H2,1-2H3,(H2,32,34,35)/t19-/m0/s1. The van der Waals surface area contributed by atoms with Crippen LogP contribution in [0.15, 0.2) is 66.5 Å². The number of hydrogen-bond acceptors (Lipinski definition) is 8. The van der Waals surface area contributed by atoms with Crippen LogP contribution in [0.5, 0.6) is 11.5 Å². The van der Waals surface area contributed by atoms with E-state index in [0.717, 1.165) is 0 Å². The van der Waals surface area contributed by atoms with Gasteiger partial charge < -0.3 is 21.1 Å². The quantitative estimate of drug-likeness (QED) is 0.271. The summed E-state index contributed by atoms with van der Waals surface area (Å²) >= 11 is 0. The van der Waals surface area contributed by atoms with Crippen LogP contribution in [-0.4, -0.2) is 49.2 Å².